The highest BCUT2D eigenvalue weighted by Crippen LogP contribution is 2.39. The molecule has 15 heavy (non-hydrogen) atoms. The van der Waals surface area contributed by atoms with E-state index >= 15 is 0 Å². The third-order valence-electron chi connectivity index (χ3n) is 3.45. The van der Waals surface area contributed by atoms with Gasteiger partial charge < -0.3 is 4.90 Å². The molecule has 2 heteroatoms. The fourth-order valence-electron chi connectivity index (χ4n) is 3.00. The van der Waals surface area contributed by atoms with Crippen LogP contribution in [0.2, 0.25) is 0 Å². The Balaban J connectivity index is 2.16. The fourth-order valence-corrected chi connectivity index (χ4v) is 4.13. The molecule has 80 valence electrons. The smallest absolute Gasteiger partial charge is 0.0234 e. The van der Waals surface area contributed by atoms with Crippen LogP contribution in [-0.4, -0.2) is 24.2 Å². The van der Waals surface area contributed by atoms with Crippen molar-refractivity contribution in [1.29, 1.82) is 0 Å². The Bertz CT molecular complexity index is 400. The quantitative estimate of drug-likeness (QED) is 0.660. The number of benzene rings is 1. The van der Waals surface area contributed by atoms with Crippen LogP contribution < -0.4 is 0 Å². The lowest BCUT2D eigenvalue weighted by molar-refractivity contribution is 0.288. The Morgan fingerprint density at radius 1 is 1.33 bits per heavy atom. The van der Waals surface area contributed by atoms with Crippen LogP contribution in [0.5, 0.6) is 0 Å². The van der Waals surface area contributed by atoms with E-state index in [0.29, 0.717) is 0 Å². The second kappa shape index (κ2) is 3.53. The second-order valence-electron chi connectivity index (χ2n) is 4.91. The molecule has 2 aliphatic heterocycles. The number of aryl methyl sites for hydroxylation is 1. The molecule has 0 saturated carbocycles. The molecule has 3 rings (SSSR count). The van der Waals surface area contributed by atoms with Gasteiger partial charge in [-0.05, 0) is 30.7 Å². The topological polar surface area (TPSA) is 3.24 Å². The van der Waals surface area contributed by atoms with Gasteiger partial charge in [-0.3, -0.25) is 0 Å². The maximum absolute atomic E-state index is 2.46. The molecule has 2 heterocycles. The first kappa shape index (κ1) is 9.73. The fraction of sp³-hybridized carbons (Fsp3) is 0.538. The van der Waals surface area contributed by atoms with E-state index in [1.807, 2.05) is 0 Å². The Morgan fingerprint density at radius 3 is 3.00 bits per heavy atom. The number of likely N-dealkylation sites (N-methyl/N-ethyl adjacent to an activating group) is 1. The number of hydrogen-bond acceptors (Lipinski definition) is 2. The third kappa shape index (κ3) is 1.60. The van der Waals surface area contributed by atoms with E-state index in [2.05, 4.69) is 42.8 Å². The lowest BCUT2D eigenvalue weighted by Crippen LogP contribution is -2.33. The molecule has 0 aliphatic carbocycles. The first-order chi connectivity index (χ1) is 7.24. The summed E-state index contributed by atoms with van der Waals surface area (Å²) in [5.41, 5.74) is 6.32. The van der Waals surface area contributed by atoms with Gasteiger partial charge in [-0.15, -0.1) is 0 Å². The van der Waals surface area contributed by atoms with Gasteiger partial charge >= 0.3 is 0 Å². The molecule has 1 atom stereocenters. The van der Waals surface area contributed by atoms with Gasteiger partial charge in [0.1, 0.15) is 0 Å². The van der Waals surface area contributed by atoms with Crippen molar-refractivity contribution in [1.82, 2.24) is 4.90 Å². The van der Waals surface area contributed by atoms with E-state index in [1.165, 1.54) is 23.6 Å². The monoisotopic (exact) mass is 219 g/mol. The highest BCUT2D eigenvalue weighted by molar-refractivity contribution is 7.98. The van der Waals surface area contributed by atoms with Gasteiger partial charge in [0.25, 0.3) is 0 Å². The predicted molar refractivity (Wildman–Crippen MR) is 66.4 cm³/mol. The van der Waals surface area contributed by atoms with Crippen molar-refractivity contribution in [2.45, 2.75) is 25.1 Å². The molecule has 1 nitrogen and oxygen atoms in total. The third-order valence-corrected chi connectivity index (χ3v) is 4.61. The zero-order chi connectivity index (χ0) is 10.4. The van der Waals surface area contributed by atoms with Crippen LogP contribution in [0, 0.1) is 6.92 Å². The van der Waals surface area contributed by atoms with E-state index in [9.17, 15) is 0 Å². The van der Waals surface area contributed by atoms with E-state index < -0.39 is 0 Å². The molecular formula is C13H17NS. The molecule has 0 amide bonds. The maximum Gasteiger partial charge on any atom is 0.0234 e. The van der Waals surface area contributed by atoms with Crippen LogP contribution in [0.25, 0.3) is 0 Å². The first-order valence-corrected chi connectivity index (χ1v) is 6.78. The summed E-state index contributed by atoms with van der Waals surface area (Å²) in [5, 5.41) is 0. The van der Waals surface area contributed by atoms with Crippen molar-refractivity contribution >= 4 is 11.8 Å². The van der Waals surface area contributed by atoms with Crippen LogP contribution in [0.1, 0.15) is 28.2 Å². The van der Waals surface area contributed by atoms with Crippen molar-refractivity contribution < 1.29 is 0 Å². The summed E-state index contributed by atoms with van der Waals surface area (Å²) < 4.78 is 0. The summed E-state index contributed by atoms with van der Waals surface area (Å²) in [6.45, 7) is 4.61. The minimum absolute atomic E-state index is 0.785. The van der Waals surface area contributed by atoms with Crippen LogP contribution in [0.15, 0.2) is 12.1 Å². The normalized spacial score (nSPS) is 25.1. The minimum Gasteiger partial charge on any atom is -0.301 e. The van der Waals surface area contributed by atoms with E-state index in [1.54, 1.807) is 16.7 Å². The van der Waals surface area contributed by atoms with Crippen molar-refractivity contribution in [3.8, 4) is 0 Å². The van der Waals surface area contributed by atoms with Crippen LogP contribution >= 0.6 is 11.8 Å². The van der Waals surface area contributed by atoms with E-state index in [0.717, 1.165) is 12.5 Å². The van der Waals surface area contributed by atoms with Crippen molar-refractivity contribution in [2.24, 2.45) is 0 Å². The lowest BCUT2D eigenvalue weighted by atomic mass is 9.86. The standard InChI is InChI=1S/C13H17NS/c1-9-3-10-5-14(2)6-12-8-15-7-11(4-9)13(10)12/h3-4,12H,5-8H2,1-2H3. The molecular weight excluding hydrogens is 202 g/mol. The second-order valence-corrected chi connectivity index (χ2v) is 5.94. The predicted octanol–water partition coefficient (Wildman–Crippen LogP) is 2.77. The van der Waals surface area contributed by atoms with Crippen LogP contribution in [0.4, 0.5) is 0 Å². The molecule has 0 saturated heterocycles. The highest BCUT2D eigenvalue weighted by atomic mass is 32.2. The SMILES string of the molecule is Cc1cc2c3c(c1)CN(C)CC3CSC2. The number of rotatable bonds is 0. The molecule has 0 spiro atoms. The molecule has 0 radical (unpaired) electrons. The van der Waals surface area contributed by atoms with Crippen molar-refractivity contribution in [3.05, 3.63) is 34.4 Å². The molecule has 1 aromatic rings. The van der Waals surface area contributed by atoms with Gasteiger partial charge in [-0.2, -0.15) is 11.8 Å². The minimum atomic E-state index is 0.785. The molecule has 0 bridgehead atoms. The van der Waals surface area contributed by atoms with Crippen LogP contribution in [-0.2, 0) is 12.3 Å². The van der Waals surface area contributed by atoms with Gasteiger partial charge in [0.2, 0.25) is 0 Å². The number of hydrogen-bond donors (Lipinski definition) is 0. The largest absolute Gasteiger partial charge is 0.301 e. The van der Waals surface area contributed by atoms with Gasteiger partial charge in [0.15, 0.2) is 0 Å². The zero-order valence-electron chi connectivity index (χ0n) is 9.42. The van der Waals surface area contributed by atoms with E-state index in [4.69, 9.17) is 0 Å². The molecule has 0 aromatic heterocycles. The van der Waals surface area contributed by atoms with Gasteiger partial charge in [-0.25, -0.2) is 0 Å². The van der Waals surface area contributed by atoms with Crippen LogP contribution in [0.3, 0.4) is 0 Å². The molecule has 1 unspecified atom stereocenters. The number of nitrogens with zero attached hydrogens (tertiary/aromatic N) is 1. The van der Waals surface area contributed by atoms with Crippen molar-refractivity contribution in [3.63, 3.8) is 0 Å². The van der Waals surface area contributed by atoms with Gasteiger partial charge in [0, 0.05) is 30.5 Å². The summed E-state index contributed by atoms with van der Waals surface area (Å²) in [5.74, 6) is 3.32. The molecule has 0 fully saturated rings. The Morgan fingerprint density at radius 2 is 2.13 bits per heavy atom. The molecule has 2 aliphatic rings. The van der Waals surface area contributed by atoms with Gasteiger partial charge in [-0.1, -0.05) is 17.7 Å². The zero-order valence-corrected chi connectivity index (χ0v) is 10.2. The highest BCUT2D eigenvalue weighted by Gasteiger charge is 2.28. The van der Waals surface area contributed by atoms with E-state index in [-0.39, 0.29) is 0 Å². The summed E-state index contributed by atoms with van der Waals surface area (Å²) in [4.78, 5) is 2.46. The summed E-state index contributed by atoms with van der Waals surface area (Å²) in [6.07, 6.45) is 0. The molecule has 0 N–H and O–H groups in total. The molecule has 1 aromatic carbocycles. The van der Waals surface area contributed by atoms with Crippen molar-refractivity contribution in [2.75, 3.05) is 19.3 Å². The summed E-state index contributed by atoms with van der Waals surface area (Å²) in [7, 11) is 2.24. The lowest BCUT2D eigenvalue weighted by Gasteiger charge is -2.36. The summed E-state index contributed by atoms with van der Waals surface area (Å²) in [6, 6.07) is 4.78. The average Bonchev–Trinajstić information content (AvgIpc) is 2.16. The average molecular weight is 219 g/mol. The Kier molecular flexibility index (Phi) is 2.29. The number of thioether (sulfide) groups is 1. The van der Waals surface area contributed by atoms with Gasteiger partial charge in [0.05, 0.1) is 0 Å². The summed E-state index contributed by atoms with van der Waals surface area (Å²) >= 11 is 2.10. The first-order valence-electron chi connectivity index (χ1n) is 5.62. The Labute approximate surface area is 95.9 Å². The Hall–Kier alpha value is -0.470. The maximum atomic E-state index is 2.46.